The van der Waals surface area contributed by atoms with E-state index < -0.39 is 13.2 Å². The van der Waals surface area contributed by atoms with Crippen LogP contribution in [0.3, 0.4) is 0 Å². The number of carboxylic acids is 1. The summed E-state index contributed by atoms with van der Waals surface area (Å²) >= 11 is 0. The van der Waals surface area contributed by atoms with Crippen LogP contribution in [-0.2, 0) is 4.79 Å². The van der Waals surface area contributed by atoms with Gasteiger partial charge in [0.05, 0.1) is 0 Å². The van der Waals surface area contributed by atoms with Crippen LogP contribution in [0.2, 0.25) is 0 Å². The fourth-order valence-corrected chi connectivity index (χ4v) is 9.76. The number of aliphatic carboxylic acids is 1. The van der Waals surface area contributed by atoms with Gasteiger partial charge in [-0.15, -0.1) is 0 Å². The second kappa shape index (κ2) is 13.2. The van der Waals surface area contributed by atoms with E-state index in [0.717, 1.165) is 19.3 Å². The Morgan fingerprint density at radius 2 is 0.875 bits per heavy atom. The molecule has 0 heterocycles. The maximum atomic E-state index is 10.6. The van der Waals surface area contributed by atoms with Crippen molar-refractivity contribution in [3.63, 3.8) is 0 Å². The molecule has 0 radical (unpaired) electrons. The van der Waals surface area contributed by atoms with Crippen LogP contribution in [0.25, 0.3) is 0 Å². The van der Waals surface area contributed by atoms with Gasteiger partial charge in [-0.2, -0.15) is 0 Å². The first-order chi connectivity index (χ1) is 15.7. The van der Waals surface area contributed by atoms with Gasteiger partial charge in [0.15, 0.2) is 0 Å². The summed E-state index contributed by atoms with van der Waals surface area (Å²) in [6.45, 7) is 0. The summed E-state index contributed by atoms with van der Waals surface area (Å²) < 4.78 is 0. The third-order valence-electron chi connectivity index (χ3n) is 6.49. The second-order valence-corrected chi connectivity index (χ2v) is 12.8. The van der Waals surface area contributed by atoms with Crippen LogP contribution in [0, 0.1) is 0 Å². The molecule has 0 aliphatic rings. The maximum absolute atomic E-state index is 10.6. The Balaban J connectivity index is 1.66. The topological polar surface area (TPSA) is 37.3 Å². The first-order valence-electron chi connectivity index (χ1n) is 12.1. The molecule has 0 saturated heterocycles. The van der Waals surface area contributed by atoms with Crippen LogP contribution in [0.5, 0.6) is 0 Å². The molecular formula is C29H37O2P. The molecule has 3 heteroatoms. The SMILES string of the molecule is O=C(O)CCCCCCCCCC[PH](c1ccccc1)(c1ccccc1)c1ccccc1. The average Bonchev–Trinajstić information content (AvgIpc) is 2.84. The number of unbranched alkanes of at least 4 members (excludes halogenated alkanes) is 7. The average molecular weight is 449 g/mol. The van der Waals surface area contributed by atoms with E-state index in [4.69, 9.17) is 5.11 Å². The standard InChI is InChI=1S/C29H37O2P/c30-29(31)24-16-5-3-1-2-4-6-17-25-32(26-18-10-7-11-19-26,27-20-12-8-13-21-27)28-22-14-9-15-23-28/h7-15,18-23,32H,1-6,16-17,24-25H2,(H,30,31). The predicted molar refractivity (Wildman–Crippen MR) is 141 cm³/mol. The zero-order chi connectivity index (χ0) is 22.5. The zero-order valence-electron chi connectivity index (χ0n) is 19.1. The molecule has 3 aromatic rings. The molecule has 170 valence electrons. The molecule has 0 saturated carbocycles. The fourth-order valence-electron chi connectivity index (χ4n) is 4.83. The molecule has 0 atom stereocenters. The molecule has 0 amide bonds. The molecular weight excluding hydrogens is 411 g/mol. The number of carboxylic acid groups (broad SMARTS) is 1. The van der Waals surface area contributed by atoms with Crippen molar-refractivity contribution in [1.29, 1.82) is 0 Å². The van der Waals surface area contributed by atoms with Gasteiger partial charge in [-0.25, -0.2) is 0 Å². The number of rotatable bonds is 14. The van der Waals surface area contributed by atoms with Crippen molar-refractivity contribution in [2.24, 2.45) is 0 Å². The van der Waals surface area contributed by atoms with E-state index in [1.165, 1.54) is 54.2 Å². The van der Waals surface area contributed by atoms with Crippen molar-refractivity contribution in [1.82, 2.24) is 0 Å². The monoisotopic (exact) mass is 448 g/mol. The molecule has 2 nitrogen and oxygen atoms in total. The van der Waals surface area contributed by atoms with Crippen molar-refractivity contribution in [2.45, 2.75) is 57.8 Å². The Kier molecular flexibility index (Phi) is 9.98. The Morgan fingerprint density at radius 1 is 0.531 bits per heavy atom. The van der Waals surface area contributed by atoms with Crippen molar-refractivity contribution < 1.29 is 9.90 Å². The van der Waals surface area contributed by atoms with Crippen LogP contribution in [0.15, 0.2) is 91.0 Å². The molecule has 3 rings (SSSR count). The minimum absolute atomic E-state index is 0.311. The normalized spacial score (nSPS) is 11.9. The van der Waals surface area contributed by atoms with E-state index in [9.17, 15) is 4.79 Å². The number of hydrogen-bond donors (Lipinski definition) is 1. The molecule has 1 N–H and O–H groups in total. The van der Waals surface area contributed by atoms with Crippen LogP contribution < -0.4 is 15.9 Å². The van der Waals surface area contributed by atoms with E-state index in [1.807, 2.05) is 0 Å². The molecule has 0 bridgehead atoms. The molecule has 0 fully saturated rings. The summed E-state index contributed by atoms with van der Waals surface area (Å²) in [7, 11) is -2.08. The van der Waals surface area contributed by atoms with E-state index in [2.05, 4.69) is 91.0 Å². The summed E-state index contributed by atoms with van der Waals surface area (Å²) in [6, 6.07) is 33.5. The van der Waals surface area contributed by atoms with Gasteiger partial charge in [0.2, 0.25) is 0 Å². The molecule has 0 unspecified atom stereocenters. The third-order valence-corrected chi connectivity index (χ3v) is 11.6. The van der Waals surface area contributed by atoms with Crippen LogP contribution in [0.1, 0.15) is 57.8 Å². The molecule has 0 aliphatic carbocycles. The first kappa shape index (κ1) is 24.2. The third kappa shape index (κ3) is 6.78. The number of carbonyl (C=O) groups is 1. The van der Waals surface area contributed by atoms with Gasteiger partial charge in [0.1, 0.15) is 0 Å². The molecule has 32 heavy (non-hydrogen) atoms. The van der Waals surface area contributed by atoms with E-state index in [0.29, 0.717) is 6.42 Å². The Morgan fingerprint density at radius 3 is 1.25 bits per heavy atom. The minimum atomic E-state index is -2.08. The van der Waals surface area contributed by atoms with Crippen LogP contribution in [-0.4, -0.2) is 17.2 Å². The van der Waals surface area contributed by atoms with Crippen molar-refractivity contribution >= 4 is 29.1 Å². The van der Waals surface area contributed by atoms with E-state index in [1.54, 1.807) is 0 Å². The molecule has 0 spiro atoms. The fraction of sp³-hybridized carbons (Fsp3) is 0.345. The van der Waals surface area contributed by atoms with Gasteiger partial charge in [0.25, 0.3) is 0 Å². The zero-order valence-corrected chi connectivity index (χ0v) is 20.1. The van der Waals surface area contributed by atoms with Crippen molar-refractivity contribution in [3.8, 4) is 0 Å². The molecule has 0 aliphatic heterocycles. The Hall–Kier alpha value is -2.44. The molecule has 0 aromatic heterocycles. The van der Waals surface area contributed by atoms with Gasteiger partial charge >= 0.3 is 194 Å². The van der Waals surface area contributed by atoms with Gasteiger partial charge in [-0.3, -0.25) is 0 Å². The number of benzene rings is 3. The van der Waals surface area contributed by atoms with Gasteiger partial charge in [-0.05, 0) is 0 Å². The summed E-state index contributed by atoms with van der Waals surface area (Å²) in [5, 5.41) is 13.2. The Labute approximate surface area is 194 Å². The quantitative estimate of drug-likeness (QED) is 0.232. The second-order valence-electron chi connectivity index (χ2n) is 8.73. The van der Waals surface area contributed by atoms with Gasteiger partial charge in [-0.1, -0.05) is 0 Å². The predicted octanol–water partition coefficient (Wildman–Crippen LogP) is 6.31. The summed E-state index contributed by atoms with van der Waals surface area (Å²) in [6.07, 6.45) is 10.8. The Bertz CT molecular complexity index is 813. The molecule has 3 aromatic carbocycles. The summed E-state index contributed by atoms with van der Waals surface area (Å²) in [4.78, 5) is 10.6. The summed E-state index contributed by atoms with van der Waals surface area (Å²) in [5.74, 6) is -0.673. The van der Waals surface area contributed by atoms with Crippen LogP contribution in [0.4, 0.5) is 0 Å². The van der Waals surface area contributed by atoms with E-state index in [-0.39, 0.29) is 0 Å². The number of hydrogen-bond acceptors (Lipinski definition) is 1. The van der Waals surface area contributed by atoms with Gasteiger partial charge in [0, 0.05) is 0 Å². The van der Waals surface area contributed by atoms with Crippen LogP contribution >= 0.6 is 7.26 Å². The van der Waals surface area contributed by atoms with Gasteiger partial charge < -0.3 is 0 Å². The summed E-state index contributed by atoms with van der Waals surface area (Å²) in [5.41, 5.74) is 0. The first-order valence-corrected chi connectivity index (χ1v) is 14.3. The van der Waals surface area contributed by atoms with Crippen molar-refractivity contribution in [3.05, 3.63) is 91.0 Å². The van der Waals surface area contributed by atoms with Crippen molar-refractivity contribution in [2.75, 3.05) is 6.16 Å². The van der Waals surface area contributed by atoms with E-state index >= 15 is 0 Å².